The van der Waals surface area contributed by atoms with Crippen LogP contribution in [0, 0.1) is 28.4 Å². The highest BCUT2D eigenvalue weighted by Crippen LogP contribution is 2.30. The summed E-state index contributed by atoms with van der Waals surface area (Å²) < 4.78 is 5.87. The van der Waals surface area contributed by atoms with Crippen LogP contribution in [0.15, 0.2) is 70.5 Å². The van der Waals surface area contributed by atoms with Crippen LogP contribution >= 0.6 is 11.3 Å². The molecule has 146 valence electrons. The van der Waals surface area contributed by atoms with Crippen molar-refractivity contribution in [3.63, 3.8) is 0 Å². The van der Waals surface area contributed by atoms with E-state index in [0.29, 0.717) is 27.6 Å². The Labute approximate surface area is 176 Å². The first-order valence-corrected chi connectivity index (χ1v) is 9.91. The molecule has 0 saturated carbocycles. The average Bonchev–Trinajstić information content (AvgIpc) is 3.43. The number of furan rings is 1. The lowest BCUT2D eigenvalue weighted by Crippen LogP contribution is -1.88. The van der Waals surface area contributed by atoms with Crippen molar-refractivity contribution < 1.29 is 9.34 Å². The van der Waals surface area contributed by atoms with E-state index in [9.17, 15) is 15.4 Å². The molecule has 2 aromatic carbocycles. The lowest BCUT2D eigenvalue weighted by Gasteiger charge is -1.98. The van der Waals surface area contributed by atoms with Crippen LogP contribution in [-0.4, -0.2) is 9.91 Å². The van der Waals surface area contributed by atoms with E-state index in [1.807, 2.05) is 43.3 Å². The van der Waals surface area contributed by atoms with Crippen LogP contribution in [0.4, 0.5) is 5.69 Å². The van der Waals surface area contributed by atoms with Gasteiger partial charge in [0.1, 0.15) is 22.6 Å². The number of allylic oxidation sites excluding steroid dienone is 1. The SMILES string of the molecule is Cc1ccc(-c2ccc(/C=C(\C#N)c3nc(-c4cccc([N+](=O)[O-])c4)cs3)o2)cc1. The molecule has 7 heteroatoms. The van der Waals surface area contributed by atoms with Crippen molar-refractivity contribution in [1.29, 1.82) is 5.26 Å². The van der Waals surface area contributed by atoms with Crippen LogP contribution in [0.5, 0.6) is 0 Å². The Kier molecular flexibility index (Phi) is 5.24. The summed E-state index contributed by atoms with van der Waals surface area (Å²) >= 11 is 1.30. The predicted molar refractivity (Wildman–Crippen MR) is 117 cm³/mol. The van der Waals surface area contributed by atoms with Gasteiger partial charge in [0.15, 0.2) is 0 Å². The Balaban J connectivity index is 1.62. The maximum absolute atomic E-state index is 11.0. The minimum atomic E-state index is -0.445. The average molecular weight is 413 g/mol. The van der Waals surface area contributed by atoms with Crippen molar-refractivity contribution >= 4 is 28.7 Å². The molecule has 2 aromatic heterocycles. The highest BCUT2D eigenvalue weighted by Gasteiger charge is 2.13. The number of non-ortho nitro benzene ring substituents is 1. The van der Waals surface area contributed by atoms with E-state index in [-0.39, 0.29) is 5.69 Å². The molecule has 0 fully saturated rings. The summed E-state index contributed by atoms with van der Waals surface area (Å²) in [5.74, 6) is 1.27. The van der Waals surface area contributed by atoms with Crippen molar-refractivity contribution in [2.75, 3.05) is 0 Å². The fourth-order valence-corrected chi connectivity index (χ4v) is 3.69. The summed E-state index contributed by atoms with van der Waals surface area (Å²) in [5, 5.41) is 22.9. The minimum absolute atomic E-state index is 0.00248. The quantitative estimate of drug-likeness (QED) is 0.216. The number of aromatic nitrogens is 1. The van der Waals surface area contributed by atoms with Crippen LogP contribution in [0.2, 0.25) is 0 Å². The van der Waals surface area contributed by atoms with Gasteiger partial charge in [0.25, 0.3) is 5.69 Å². The Morgan fingerprint density at radius 3 is 2.70 bits per heavy atom. The summed E-state index contributed by atoms with van der Waals surface area (Å²) in [4.78, 5) is 15.0. The third-order valence-corrected chi connectivity index (χ3v) is 5.33. The van der Waals surface area contributed by atoms with Crippen LogP contribution < -0.4 is 0 Å². The van der Waals surface area contributed by atoms with Crippen LogP contribution in [0.25, 0.3) is 34.2 Å². The fraction of sp³-hybridized carbons (Fsp3) is 0.0435. The summed E-state index contributed by atoms with van der Waals surface area (Å²) in [6.45, 7) is 2.02. The zero-order valence-corrected chi connectivity index (χ0v) is 16.7. The molecular weight excluding hydrogens is 398 g/mol. The smallest absolute Gasteiger partial charge is 0.270 e. The van der Waals surface area contributed by atoms with Gasteiger partial charge in [0.2, 0.25) is 0 Å². The van der Waals surface area contributed by atoms with Crippen LogP contribution in [-0.2, 0) is 0 Å². The molecule has 2 heterocycles. The topological polar surface area (TPSA) is 93.0 Å². The normalized spacial score (nSPS) is 11.3. The first-order chi connectivity index (χ1) is 14.5. The van der Waals surface area contributed by atoms with Crippen molar-refractivity contribution in [2.24, 2.45) is 0 Å². The Morgan fingerprint density at radius 1 is 1.17 bits per heavy atom. The minimum Gasteiger partial charge on any atom is -0.457 e. The van der Waals surface area contributed by atoms with Gasteiger partial charge in [-0.15, -0.1) is 11.3 Å². The van der Waals surface area contributed by atoms with Gasteiger partial charge in [0, 0.05) is 34.7 Å². The molecule has 0 aliphatic rings. The van der Waals surface area contributed by atoms with E-state index >= 15 is 0 Å². The van der Waals surface area contributed by atoms with Gasteiger partial charge < -0.3 is 4.42 Å². The van der Waals surface area contributed by atoms with E-state index in [1.165, 1.54) is 29.0 Å². The molecule has 0 aliphatic heterocycles. The fourth-order valence-electron chi connectivity index (χ4n) is 2.90. The van der Waals surface area contributed by atoms with Gasteiger partial charge in [-0.25, -0.2) is 4.98 Å². The summed E-state index contributed by atoms with van der Waals surface area (Å²) in [7, 11) is 0. The molecule has 30 heavy (non-hydrogen) atoms. The second kappa shape index (κ2) is 8.15. The molecule has 0 saturated heterocycles. The molecule has 0 unspecified atom stereocenters. The second-order valence-corrected chi connectivity index (χ2v) is 7.44. The highest BCUT2D eigenvalue weighted by molar-refractivity contribution is 7.11. The molecule has 0 bridgehead atoms. The molecule has 0 amide bonds. The number of hydrogen-bond acceptors (Lipinski definition) is 6. The van der Waals surface area contributed by atoms with Crippen LogP contribution in [0.3, 0.4) is 0 Å². The largest absolute Gasteiger partial charge is 0.457 e. The lowest BCUT2D eigenvalue weighted by atomic mass is 10.1. The number of nitro benzene ring substituents is 1. The molecule has 0 N–H and O–H groups in total. The zero-order chi connectivity index (χ0) is 21.1. The molecular formula is C23H15N3O3S. The van der Waals surface area contributed by atoms with E-state index in [0.717, 1.165) is 11.3 Å². The number of rotatable bonds is 5. The van der Waals surface area contributed by atoms with Crippen molar-refractivity contribution in [1.82, 2.24) is 4.98 Å². The maximum atomic E-state index is 11.0. The number of hydrogen-bond donors (Lipinski definition) is 0. The first-order valence-electron chi connectivity index (χ1n) is 9.03. The summed E-state index contributed by atoms with van der Waals surface area (Å²) in [6.07, 6.45) is 1.65. The maximum Gasteiger partial charge on any atom is 0.270 e. The molecule has 6 nitrogen and oxygen atoms in total. The third kappa shape index (κ3) is 4.04. The lowest BCUT2D eigenvalue weighted by molar-refractivity contribution is -0.384. The number of thiazole rings is 1. The van der Waals surface area contributed by atoms with Gasteiger partial charge in [-0.1, -0.05) is 42.0 Å². The monoisotopic (exact) mass is 413 g/mol. The molecule has 0 spiro atoms. The number of benzene rings is 2. The second-order valence-electron chi connectivity index (χ2n) is 6.58. The molecule has 4 aromatic rings. The third-order valence-electron chi connectivity index (χ3n) is 4.46. The Bertz CT molecular complexity index is 1290. The Hall–Kier alpha value is -4.02. The molecule has 0 radical (unpaired) electrons. The molecule has 0 atom stereocenters. The van der Waals surface area contributed by atoms with Gasteiger partial charge >= 0.3 is 0 Å². The standard InChI is InChI=1S/C23H15N3O3S/c1-15-5-7-16(8-6-15)22-10-9-20(29-22)12-18(13-24)23-25-21(14-30-23)17-3-2-4-19(11-17)26(27)28/h2-12,14H,1H3/b18-12+. The highest BCUT2D eigenvalue weighted by atomic mass is 32.1. The van der Waals surface area contributed by atoms with Gasteiger partial charge in [0.05, 0.1) is 16.2 Å². The van der Waals surface area contributed by atoms with Crippen molar-refractivity contribution in [3.05, 3.63) is 92.5 Å². The van der Waals surface area contributed by atoms with Gasteiger partial charge in [-0.3, -0.25) is 10.1 Å². The van der Waals surface area contributed by atoms with E-state index < -0.39 is 4.92 Å². The number of aryl methyl sites for hydroxylation is 1. The van der Waals surface area contributed by atoms with E-state index in [1.54, 1.807) is 23.6 Å². The van der Waals surface area contributed by atoms with Crippen molar-refractivity contribution in [2.45, 2.75) is 6.92 Å². The number of nitro groups is 1. The summed E-state index contributed by atoms with van der Waals surface area (Å²) in [5.41, 5.74) is 3.70. The van der Waals surface area contributed by atoms with Crippen LogP contribution in [0.1, 0.15) is 16.3 Å². The predicted octanol–water partition coefficient (Wildman–Crippen LogP) is 6.35. The first kappa shape index (κ1) is 19.3. The zero-order valence-electron chi connectivity index (χ0n) is 15.9. The number of nitriles is 1. The van der Waals surface area contributed by atoms with Crippen molar-refractivity contribution in [3.8, 4) is 28.7 Å². The van der Waals surface area contributed by atoms with E-state index in [4.69, 9.17) is 4.42 Å². The molecule has 4 rings (SSSR count). The summed E-state index contributed by atoms with van der Waals surface area (Å²) in [6, 6.07) is 20.1. The van der Waals surface area contributed by atoms with E-state index in [2.05, 4.69) is 11.1 Å². The molecule has 0 aliphatic carbocycles. The number of nitrogens with zero attached hydrogens (tertiary/aromatic N) is 3. The van der Waals surface area contributed by atoms with Gasteiger partial charge in [-0.05, 0) is 19.1 Å². The van der Waals surface area contributed by atoms with Gasteiger partial charge in [-0.2, -0.15) is 5.26 Å². The Morgan fingerprint density at radius 2 is 1.97 bits per heavy atom.